The Balaban J connectivity index is 1.50. The van der Waals surface area contributed by atoms with E-state index in [-0.39, 0.29) is 18.6 Å². The Morgan fingerprint density at radius 2 is 2.23 bits per heavy atom. The maximum absolute atomic E-state index is 12.7. The van der Waals surface area contributed by atoms with Gasteiger partial charge in [-0.05, 0) is 19.9 Å². The van der Waals surface area contributed by atoms with Gasteiger partial charge in [-0.15, -0.1) is 10.2 Å². The van der Waals surface area contributed by atoms with Crippen LogP contribution >= 0.6 is 0 Å². The van der Waals surface area contributed by atoms with Crippen LogP contribution < -0.4 is 4.74 Å². The molecule has 4 heterocycles. The lowest BCUT2D eigenvalue weighted by atomic mass is 10.2. The SMILES string of the molecule is Cc1cc(C(=O)N2CCn3c(COc4ccccn4)nnc3[C@H]2C)no1. The van der Waals surface area contributed by atoms with Crippen LogP contribution in [0.5, 0.6) is 5.88 Å². The molecule has 1 amide bonds. The maximum atomic E-state index is 12.7. The summed E-state index contributed by atoms with van der Waals surface area (Å²) in [5.41, 5.74) is 0.307. The fourth-order valence-corrected chi connectivity index (χ4v) is 3.01. The average Bonchev–Trinajstić information content (AvgIpc) is 3.27. The molecule has 4 rings (SSSR count). The summed E-state index contributed by atoms with van der Waals surface area (Å²) in [6.07, 6.45) is 1.67. The van der Waals surface area contributed by atoms with Crippen LogP contribution in [-0.4, -0.2) is 42.3 Å². The minimum Gasteiger partial charge on any atom is -0.469 e. The summed E-state index contributed by atoms with van der Waals surface area (Å²) in [6.45, 7) is 5.08. The van der Waals surface area contributed by atoms with Crippen LogP contribution in [0.3, 0.4) is 0 Å². The van der Waals surface area contributed by atoms with Gasteiger partial charge in [0.2, 0.25) is 5.88 Å². The van der Waals surface area contributed by atoms with E-state index in [4.69, 9.17) is 9.26 Å². The van der Waals surface area contributed by atoms with E-state index in [1.54, 1.807) is 30.2 Å². The first-order valence-corrected chi connectivity index (χ1v) is 8.33. The Hall–Kier alpha value is -3.23. The third-order valence-corrected chi connectivity index (χ3v) is 4.36. The van der Waals surface area contributed by atoms with Gasteiger partial charge in [0, 0.05) is 31.4 Å². The first-order valence-electron chi connectivity index (χ1n) is 8.33. The number of aryl methyl sites for hydroxylation is 1. The second kappa shape index (κ2) is 6.58. The molecular formula is C17H18N6O3. The van der Waals surface area contributed by atoms with Crippen molar-refractivity contribution in [3.8, 4) is 5.88 Å². The number of carbonyl (C=O) groups excluding carboxylic acids is 1. The second-order valence-electron chi connectivity index (χ2n) is 6.08. The highest BCUT2D eigenvalue weighted by molar-refractivity contribution is 5.92. The molecule has 0 bridgehead atoms. The van der Waals surface area contributed by atoms with Gasteiger partial charge in [0.05, 0.1) is 6.04 Å². The summed E-state index contributed by atoms with van der Waals surface area (Å²) in [4.78, 5) is 18.5. The molecule has 1 aliphatic heterocycles. The Labute approximate surface area is 149 Å². The molecular weight excluding hydrogens is 336 g/mol. The molecule has 0 N–H and O–H groups in total. The fraction of sp³-hybridized carbons (Fsp3) is 0.353. The molecule has 0 aliphatic carbocycles. The van der Waals surface area contributed by atoms with Crippen molar-refractivity contribution in [3.63, 3.8) is 0 Å². The van der Waals surface area contributed by atoms with E-state index < -0.39 is 0 Å². The number of nitrogens with zero attached hydrogens (tertiary/aromatic N) is 6. The van der Waals surface area contributed by atoms with Gasteiger partial charge in [-0.2, -0.15) is 0 Å². The molecule has 1 aliphatic rings. The zero-order valence-corrected chi connectivity index (χ0v) is 14.5. The van der Waals surface area contributed by atoms with Crippen molar-refractivity contribution < 1.29 is 14.1 Å². The predicted molar refractivity (Wildman–Crippen MR) is 89.3 cm³/mol. The summed E-state index contributed by atoms with van der Waals surface area (Å²) in [6, 6.07) is 6.90. The Morgan fingerprint density at radius 3 is 2.96 bits per heavy atom. The number of fused-ring (bicyclic) bond motifs is 1. The van der Waals surface area contributed by atoms with Crippen LogP contribution in [-0.2, 0) is 13.2 Å². The highest BCUT2D eigenvalue weighted by atomic mass is 16.5. The summed E-state index contributed by atoms with van der Waals surface area (Å²) in [5.74, 6) is 2.41. The van der Waals surface area contributed by atoms with Gasteiger partial charge in [-0.3, -0.25) is 4.79 Å². The fourth-order valence-electron chi connectivity index (χ4n) is 3.01. The topological polar surface area (TPSA) is 99.2 Å². The third-order valence-electron chi connectivity index (χ3n) is 4.36. The number of pyridine rings is 1. The molecule has 0 spiro atoms. The number of aromatic nitrogens is 5. The normalized spacial score (nSPS) is 16.4. The van der Waals surface area contributed by atoms with Crippen molar-refractivity contribution in [3.05, 3.63) is 53.6 Å². The lowest BCUT2D eigenvalue weighted by Gasteiger charge is -2.33. The van der Waals surface area contributed by atoms with Crippen molar-refractivity contribution >= 4 is 5.91 Å². The van der Waals surface area contributed by atoms with Crippen LogP contribution in [0.25, 0.3) is 0 Å². The Bertz CT molecular complexity index is 920. The van der Waals surface area contributed by atoms with Crippen LogP contribution in [0.1, 0.15) is 40.9 Å². The molecule has 134 valence electrons. The monoisotopic (exact) mass is 354 g/mol. The minimum atomic E-state index is -0.218. The number of rotatable bonds is 4. The van der Waals surface area contributed by atoms with Crippen molar-refractivity contribution in [2.24, 2.45) is 0 Å². The van der Waals surface area contributed by atoms with Gasteiger partial charge in [0.15, 0.2) is 17.3 Å². The molecule has 0 saturated carbocycles. The van der Waals surface area contributed by atoms with E-state index in [0.29, 0.717) is 36.2 Å². The number of hydrogen-bond donors (Lipinski definition) is 0. The molecule has 0 saturated heterocycles. The molecule has 1 atom stereocenters. The molecule has 3 aromatic heterocycles. The smallest absolute Gasteiger partial charge is 0.276 e. The molecule has 0 aromatic carbocycles. The van der Waals surface area contributed by atoms with Gasteiger partial charge in [-0.25, -0.2) is 4.98 Å². The molecule has 0 radical (unpaired) electrons. The lowest BCUT2D eigenvalue weighted by Crippen LogP contribution is -2.41. The summed E-state index contributed by atoms with van der Waals surface area (Å²) >= 11 is 0. The Kier molecular flexibility index (Phi) is 4.11. The Morgan fingerprint density at radius 1 is 1.35 bits per heavy atom. The largest absolute Gasteiger partial charge is 0.469 e. The summed E-state index contributed by atoms with van der Waals surface area (Å²) < 4.78 is 12.7. The van der Waals surface area contributed by atoms with Gasteiger partial charge in [-0.1, -0.05) is 11.2 Å². The van der Waals surface area contributed by atoms with Crippen LogP contribution in [0, 0.1) is 6.92 Å². The first kappa shape index (κ1) is 16.2. The minimum absolute atomic E-state index is 0.171. The zero-order valence-electron chi connectivity index (χ0n) is 14.5. The predicted octanol–water partition coefficient (Wildman–Crippen LogP) is 1.77. The van der Waals surface area contributed by atoms with E-state index in [2.05, 4.69) is 20.3 Å². The van der Waals surface area contributed by atoms with Crippen molar-refractivity contribution in [2.45, 2.75) is 33.0 Å². The number of hydrogen-bond acceptors (Lipinski definition) is 7. The van der Waals surface area contributed by atoms with Crippen molar-refractivity contribution in [1.82, 2.24) is 29.8 Å². The quantitative estimate of drug-likeness (QED) is 0.704. The van der Waals surface area contributed by atoms with Crippen LogP contribution in [0.4, 0.5) is 0 Å². The molecule has 0 unspecified atom stereocenters. The van der Waals surface area contributed by atoms with Gasteiger partial charge in [0.1, 0.15) is 12.4 Å². The highest BCUT2D eigenvalue weighted by Crippen LogP contribution is 2.26. The zero-order chi connectivity index (χ0) is 18.1. The summed E-state index contributed by atoms with van der Waals surface area (Å²) in [5, 5.41) is 12.3. The van der Waals surface area contributed by atoms with Gasteiger partial charge in [0.25, 0.3) is 5.91 Å². The van der Waals surface area contributed by atoms with Crippen LogP contribution in [0.15, 0.2) is 35.0 Å². The summed E-state index contributed by atoms with van der Waals surface area (Å²) in [7, 11) is 0. The third kappa shape index (κ3) is 2.92. The molecule has 3 aromatic rings. The van der Waals surface area contributed by atoms with Gasteiger partial charge >= 0.3 is 0 Å². The van der Waals surface area contributed by atoms with E-state index in [9.17, 15) is 4.79 Å². The van der Waals surface area contributed by atoms with E-state index >= 15 is 0 Å². The van der Waals surface area contributed by atoms with Gasteiger partial charge < -0.3 is 18.7 Å². The standard InChI is InChI=1S/C17H18N6O3/c1-11-9-13(21-26-11)17(24)22-7-8-23-14(19-20-16(23)12(22)2)10-25-15-5-3-4-6-18-15/h3-6,9,12H,7-8,10H2,1-2H3/t12-/m1/s1. The highest BCUT2D eigenvalue weighted by Gasteiger charge is 2.33. The molecule has 9 nitrogen and oxygen atoms in total. The number of amides is 1. The van der Waals surface area contributed by atoms with Crippen molar-refractivity contribution in [1.29, 1.82) is 0 Å². The average molecular weight is 354 g/mol. The number of carbonyl (C=O) groups is 1. The van der Waals surface area contributed by atoms with Crippen molar-refractivity contribution in [2.75, 3.05) is 6.54 Å². The molecule has 9 heteroatoms. The maximum Gasteiger partial charge on any atom is 0.276 e. The lowest BCUT2D eigenvalue weighted by molar-refractivity contribution is 0.0624. The molecule has 26 heavy (non-hydrogen) atoms. The van der Waals surface area contributed by atoms with Crippen LogP contribution in [0.2, 0.25) is 0 Å². The van der Waals surface area contributed by atoms with E-state index in [1.807, 2.05) is 23.6 Å². The van der Waals surface area contributed by atoms with E-state index in [0.717, 1.165) is 5.82 Å². The number of ether oxygens (including phenoxy) is 1. The van der Waals surface area contributed by atoms with E-state index in [1.165, 1.54) is 0 Å². The molecule has 0 fully saturated rings. The first-order chi connectivity index (χ1) is 12.6. The second-order valence-corrected chi connectivity index (χ2v) is 6.08.